The van der Waals surface area contributed by atoms with Gasteiger partial charge in [0.2, 0.25) is 0 Å². The van der Waals surface area contributed by atoms with Crippen molar-refractivity contribution in [3.63, 3.8) is 0 Å². The topological polar surface area (TPSA) is 87.7 Å². The maximum Gasteiger partial charge on any atom is 0.309 e. The average Bonchev–Trinajstić information content (AvgIpc) is 2.93. The molecule has 3 N–H and O–H groups in total. The minimum atomic E-state index is -1.04. The fraction of sp³-hybridized carbons (Fsp3) is 0.733. The van der Waals surface area contributed by atoms with Crippen molar-refractivity contribution in [3.05, 3.63) is 11.6 Å². The van der Waals surface area contributed by atoms with Gasteiger partial charge in [0, 0.05) is 26.1 Å². The second-order valence-corrected chi connectivity index (χ2v) is 5.82. The molecule has 1 aliphatic carbocycles. The lowest BCUT2D eigenvalue weighted by Gasteiger charge is -2.20. The number of aliphatic hydroxyl groups is 1. The predicted octanol–water partition coefficient (Wildman–Crippen LogP) is 0.261. The number of rotatable bonds is 5. The first-order chi connectivity index (χ1) is 10.1. The van der Waals surface area contributed by atoms with Crippen LogP contribution in [-0.4, -0.2) is 48.8 Å². The SMILES string of the molecule is O=C(NCCC1=CCCCC1)C(=O)NC[C@@]1(O)CCOC1. The van der Waals surface area contributed by atoms with Gasteiger partial charge < -0.3 is 20.5 Å². The van der Waals surface area contributed by atoms with Crippen molar-refractivity contribution in [3.8, 4) is 0 Å². The van der Waals surface area contributed by atoms with E-state index in [0.717, 1.165) is 19.3 Å². The maximum absolute atomic E-state index is 11.6. The van der Waals surface area contributed by atoms with Crippen LogP contribution in [0.3, 0.4) is 0 Å². The van der Waals surface area contributed by atoms with Crippen molar-refractivity contribution in [2.24, 2.45) is 0 Å². The molecule has 1 atom stereocenters. The van der Waals surface area contributed by atoms with Crippen molar-refractivity contribution in [1.82, 2.24) is 10.6 Å². The molecule has 0 spiro atoms. The summed E-state index contributed by atoms with van der Waals surface area (Å²) in [5.41, 5.74) is 0.322. The lowest BCUT2D eigenvalue weighted by Crippen LogP contribution is -2.48. The quantitative estimate of drug-likeness (QED) is 0.502. The number of nitrogens with one attached hydrogen (secondary N) is 2. The molecule has 2 aliphatic rings. The summed E-state index contributed by atoms with van der Waals surface area (Å²) in [7, 11) is 0. The van der Waals surface area contributed by atoms with Crippen LogP contribution in [0.1, 0.15) is 38.5 Å². The van der Waals surface area contributed by atoms with Crippen LogP contribution in [0.4, 0.5) is 0 Å². The Labute approximate surface area is 124 Å². The van der Waals surface area contributed by atoms with Gasteiger partial charge in [-0.15, -0.1) is 0 Å². The van der Waals surface area contributed by atoms with E-state index in [1.165, 1.54) is 18.4 Å². The summed E-state index contributed by atoms with van der Waals surface area (Å²) in [5.74, 6) is -1.35. The summed E-state index contributed by atoms with van der Waals surface area (Å²) in [5, 5.41) is 15.1. The molecule has 0 saturated carbocycles. The first kappa shape index (κ1) is 16.0. The van der Waals surface area contributed by atoms with Crippen LogP contribution in [-0.2, 0) is 14.3 Å². The van der Waals surface area contributed by atoms with Gasteiger partial charge in [0.1, 0.15) is 5.60 Å². The Hall–Kier alpha value is -1.40. The third-order valence-electron chi connectivity index (χ3n) is 3.98. The van der Waals surface area contributed by atoms with E-state index in [1.54, 1.807) is 0 Å². The summed E-state index contributed by atoms with van der Waals surface area (Å²) >= 11 is 0. The van der Waals surface area contributed by atoms with Crippen LogP contribution in [0.25, 0.3) is 0 Å². The molecule has 6 heteroatoms. The first-order valence-corrected chi connectivity index (χ1v) is 7.63. The van der Waals surface area contributed by atoms with E-state index in [-0.39, 0.29) is 13.2 Å². The standard InChI is InChI=1S/C15H24N2O4/c18-13(16-8-6-12-4-2-1-3-5-12)14(19)17-10-15(20)7-9-21-11-15/h4,20H,1-3,5-11H2,(H,16,18)(H,17,19)/t15-/m0/s1. The third kappa shape index (κ3) is 5.13. The van der Waals surface area contributed by atoms with E-state index in [2.05, 4.69) is 16.7 Å². The second kappa shape index (κ2) is 7.56. The summed E-state index contributed by atoms with van der Waals surface area (Å²) < 4.78 is 5.08. The zero-order valence-corrected chi connectivity index (χ0v) is 12.3. The molecule has 2 amide bonds. The number of allylic oxidation sites excluding steroid dienone is 1. The lowest BCUT2D eigenvalue weighted by atomic mass is 9.97. The number of amides is 2. The Bertz CT molecular complexity index is 414. The Morgan fingerprint density at radius 2 is 2.10 bits per heavy atom. The maximum atomic E-state index is 11.6. The van der Waals surface area contributed by atoms with Gasteiger partial charge in [-0.05, 0) is 32.1 Å². The number of ether oxygens (including phenoxy) is 1. The molecular weight excluding hydrogens is 272 g/mol. The van der Waals surface area contributed by atoms with Crippen LogP contribution < -0.4 is 10.6 Å². The molecule has 118 valence electrons. The van der Waals surface area contributed by atoms with Gasteiger partial charge in [0.25, 0.3) is 0 Å². The molecule has 1 aliphatic heterocycles. The Balaban J connectivity index is 1.63. The van der Waals surface area contributed by atoms with Crippen LogP contribution in [0.15, 0.2) is 11.6 Å². The number of hydrogen-bond acceptors (Lipinski definition) is 4. The Morgan fingerprint density at radius 3 is 2.76 bits per heavy atom. The van der Waals surface area contributed by atoms with E-state index in [1.807, 2.05) is 0 Å². The molecule has 1 heterocycles. The summed E-state index contributed by atoms with van der Waals surface area (Å²) in [6.07, 6.45) is 8.16. The van der Waals surface area contributed by atoms with Gasteiger partial charge in [-0.3, -0.25) is 9.59 Å². The smallest absolute Gasteiger partial charge is 0.309 e. The highest BCUT2D eigenvalue weighted by Gasteiger charge is 2.33. The molecule has 0 aromatic rings. The van der Waals surface area contributed by atoms with Crippen molar-refractivity contribution >= 4 is 11.8 Å². The van der Waals surface area contributed by atoms with E-state index < -0.39 is 17.4 Å². The van der Waals surface area contributed by atoms with Crippen LogP contribution in [0, 0.1) is 0 Å². The normalized spacial score (nSPS) is 25.3. The predicted molar refractivity (Wildman–Crippen MR) is 77.6 cm³/mol. The highest BCUT2D eigenvalue weighted by atomic mass is 16.5. The van der Waals surface area contributed by atoms with Gasteiger partial charge in [0.15, 0.2) is 0 Å². The van der Waals surface area contributed by atoms with Gasteiger partial charge in [-0.1, -0.05) is 11.6 Å². The molecule has 2 rings (SSSR count). The zero-order chi connectivity index (χ0) is 15.1. The molecule has 0 radical (unpaired) electrons. The third-order valence-corrected chi connectivity index (χ3v) is 3.98. The fourth-order valence-corrected chi connectivity index (χ4v) is 2.61. The monoisotopic (exact) mass is 296 g/mol. The Kier molecular flexibility index (Phi) is 5.76. The highest BCUT2D eigenvalue weighted by molar-refractivity contribution is 6.35. The summed E-state index contributed by atoms with van der Waals surface area (Å²) in [4.78, 5) is 23.3. The van der Waals surface area contributed by atoms with Crippen LogP contribution in [0.5, 0.6) is 0 Å². The lowest BCUT2D eigenvalue weighted by molar-refractivity contribution is -0.139. The summed E-state index contributed by atoms with van der Waals surface area (Å²) in [6, 6.07) is 0. The number of carbonyl (C=O) groups is 2. The molecule has 21 heavy (non-hydrogen) atoms. The molecule has 1 fully saturated rings. The molecule has 1 saturated heterocycles. The van der Waals surface area contributed by atoms with E-state index in [0.29, 0.717) is 19.6 Å². The highest BCUT2D eigenvalue weighted by Crippen LogP contribution is 2.19. The molecular formula is C15H24N2O4. The zero-order valence-electron chi connectivity index (χ0n) is 12.3. The Morgan fingerprint density at radius 1 is 1.29 bits per heavy atom. The molecule has 6 nitrogen and oxygen atoms in total. The molecule has 0 unspecified atom stereocenters. The van der Waals surface area contributed by atoms with Gasteiger partial charge in [-0.25, -0.2) is 0 Å². The first-order valence-electron chi connectivity index (χ1n) is 7.63. The van der Waals surface area contributed by atoms with E-state index >= 15 is 0 Å². The van der Waals surface area contributed by atoms with Gasteiger partial charge in [0.05, 0.1) is 6.61 Å². The van der Waals surface area contributed by atoms with Crippen LogP contribution in [0.2, 0.25) is 0 Å². The van der Waals surface area contributed by atoms with E-state index in [4.69, 9.17) is 4.74 Å². The minimum absolute atomic E-state index is 0.0460. The van der Waals surface area contributed by atoms with Gasteiger partial charge in [-0.2, -0.15) is 0 Å². The number of hydrogen-bond donors (Lipinski definition) is 3. The fourth-order valence-electron chi connectivity index (χ4n) is 2.61. The van der Waals surface area contributed by atoms with Crippen LogP contribution >= 0.6 is 0 Å². The molecule has 0 aromatic carbocycles. The second-order valence-electron chi connectivity index (χ2n) is 5.82. The van der Waals surface area contributed by atoms with E-state index in [9.17, 15) is 14.7 Å². The van der Waals surface area contributed by atoms with Crippen molar-refractivity contribution in [2.75, 3.05) is 26.3 Å². The summed E-state index contributed by atoms with van der Waals surface area (Å²) in [6.45, 7) is 1.20. The van der Waals surface area contributed by atoms with Crippen molar-refractivity contribution < 1.29 is 19.4 Å². The minimum Gasteiger partial charge on any atom is -0.386 e. The average molecular weight is 296 g/mol. The van der Waals surface area contributed by atoms with Crippen molar-refractivity contribution in [1.29, 1.82) is 0 Å². The van der Waals surface area contributed by atoms with Gasteiger partial charge >= 0.3 is 11.8 Å². The number of carbonyl (C=O) groups excluding carboxylic acids is 2. The van der Waals surface area contributed by atoms with Crippen molar-refractivity contribution in [2.45, 2.75) is 44.1 Å². The molecule has 0 aromatic heterocycles. The molecule has 0 bridgehead atoms. The largest absolute Gasteiger partial charge is 0.386 e.